The SMILES string of the molecule is COc1cc(C(=O)N/N=C2/CCCC[C@H]2C)ccc1OC(C)C. The molecule has 1 amide bonds. The number of hydrogen-bond donors (Lipinski definition) is 1. The molecule has 1 aliphatic rings. The summed E-state index contributed by atoms with van der Waals surface area (Å²) >= 11 is 0. The number of amides is 1. The molecule has 1 aromatic rings. The van der Waals surface area contributed by atoms with Crippen LogP contribution in [-0.2, 0) is 0 Å². The number of nitrogens with zero attached hydrogens (tertiary/aromatic N) is 1. The van der Waals surface area contributed by atoms with Gasteiger partial charge in [0.05, 0.1) is 13.2 Å². The predicted octanol–water partition coefficient (Wildman–Crippen LogP) is 3.78. The zero-order chi connectivity index (χ0) is 16.8. The van der Waals surface area contributed by atoms with Crippen molar-refractivity contribution in [2.45, 2.75) is 52.6 Å². The van der Waals surface area contributed by atoms with Gasteiger partial charge >= 0.3 is 0 Å². The van der Waals surface area contributed by atoms with Crippen molar-refractivity contribution in [1.82, 2.24) is 5.43 Å². The number of hydrazone groups is 1. The minimum Gasteiger partial charge on any atom is -0.493 e. The summed E-state index contributed by atoms with van der Waals surface area (Å²) in [6, 6.07) is 5.15. The molecule has 1 aromatic carbocycles. The van der Waals surface area contributed by atoms with Crippen LogP contribution in [0.4, 0.5) is 0 Å². The second-order valence-electron chi connectivity index (χ2n) is 6.22. The smallest absolute Gasteiger partial charge is 0.271 e. The maximum Gasteiger partial charge on any atom is 0.271 e. The first-order valence-corrected chi connectivity index (χ1v) is 8.22. The number of hydrogen-bond acceptors (Lipinski definition) is 4. The van der Waals surface area contributed by atoms with Gasteiger partial charge in [0, 0.05) is 11.3 Å². The Balaban J connectivity index is 2.08. The first-order chi connectivity index (χ1) is 11.0. The topological polar surface area (TPSA) is 59.9 Å². The van der Waals surface area contributed by atoms with Crippen molar-refractivity contribution in [2.75, 3.05) is 7.11 Å². The standard InChI is InChI=1S/C18H26N2O3/c1-12(2)23-16-10-9-14(11-17(16)22-4)18(21)20-19-15-8-6-5-7-13(15)3/h9-13H,5-8H2,1-4H3,(H,20,21)/b19-15-/t13-/m1/s1. The normalized spacial score (nSPS) is 19.7. The summed E-state index contributed by atoms with van der Waals surface area (Å²) < 4.78 is 11.0. The second kappa shape index (κ2) is 7.99. The lowest BCUT2D eigenvalue weighted by Gasteiger charge is -2.19. The van der Waals surface area contributed by atoms with Gasteiger partial charge in [-0.2, -0.15) is 5.10 Å². The van der Waals surface area contributed by atoms with Crippen LogP contribution < -0.4 is 14.9 Å². The van der Waals surface area contributed by atoms with E-state index in [9.17, 15) is 4.79 Å². The summed E-state index contributed by atoms with van der Waals surface area (Å²) in [5.41, 5.74) is 4.25. The zero-order valence-corrected chi connectivity index (χ0v) is 14.4. The van der Waals surface area contributed by atoms with Crippen LogP contribution in [0.2, 0.25) is 0 Å². The van der Waals surface area contributed by atoms with Crippen LogP contribution in [0, 0.1) is 5.92 Å². The van der Waals surface area contributed by atoms with Crippen molar-refractivity contribution >= 4 is 11.6 Å². The molecule has 1 saturated carbocycles. The fraction of sp³-hybridized carbons (Fsp3) is 0.556. The summed E-state index contributed by atoms with van der Waals surface area (Å²) in [7, 11) is 1.56. The third kappa shape index (κ3) is 4.71. The number of carbonyl (C=O) groups excluding carboxylic acids is 1. The molecule has 0 heterocycles. The first-order valence-electron chi connectivity index (χ1n) is 8.22. The lowest BCUT2D eigenvalue weighted by Crippen LogP contribution is -2.24. The van der Waals surface area contributed by atoms with Crippen LogP contribution in [0.3, 0.4) is 0 Å². The molecule has 23 heavy (non-hydrogen) atoms. The lowest BCUT2D eigenvalue weighted by molar-refractivity contribution is 0.0954. The van der Waals surface area contributed by atoms with Gasteiger partial charge in [0.2, 0.25) is 0 Å². The number of rotatable bonds is 5. The minimum atomic E-state index is -0.232. The van der Waals surface area contributed by atoms with E-state index < -0.39 is 0 Å². The molecular weight excluding hydrogens is 292 g/mol. The number of carbonyl (C=O) groups is 1. The molecule has 5 heteroatoms. The molecule has 0 radical (unpaired) electrons. The molecule has 0 bridgehead atoms. The molecule has 1 atom stereocenters. The highest BCUT2D eigenvalue weighted by Gasteiger charge is 2.17. The molecule has 0 saturated heterocycles. The maximum atomic E-state index is 12.3. The molecule has 126 valence electrons. The van der Waals surface area contributed by atoms with Crippen LogP contribution in [0.15, 0.2) is 23.3 Å². The molecule has 0 aromatic heterocycles. The first kappa shape index (κ1) is 17.3. The third-order valence-electron chi connectivity index (χ3n) is 3.98. The van der Waals surface area contributed by atoms with Gasteiger partial charge in [0.1, 0.15) is 0 Å². The lowest BCUT2D eigenvalue weighted by atomic mass is 9.89. The molecule has 5 nitrogen and oxygen atoms in total. The summed E-state index contributed by atoms with van der Waals surface area (Å²) in [5, 5.41) is 4.31. The Bertz CT molecular complexity index is 582. The Morgan fingerprint density at radius 3 is 2.74 bits per heavy atom. The quantitative estimate of drug-likeness (QED) is 0.841. The maximum absolute atomic E-state index is 12.3. The van der Waals surface area contributed by atoms with Crippen molar-refractivity contribution in [3.8, 4) is 11.5 Å². The molecular formula is C18H26N2O3. The van der Waals surface area contributed by atoms with E-state index in [1.165, 1.54) is 6.42 Å². The van der Waals surface area contributed by atoms with Gasteiger partial charge in [0.25, 0.3) is 5.91 Å². The minimum absolute atomic E-state index is 0.0442. The molecule has 0 aliphatic heterocycles. The van der Waals surface area contributed by atoms with Gasteiger partial charge in [-0.1, -0.05) is 13.3 Å². The Labute approximate surface area is 138 Å². The molecule has 1 fully saturated rings. The van der Waals surface area contributed by atoms with Gasteiger partial charge < -0.3 is 9.47 Å². The summed E-state index contributed by atoms with van der Waals surface area (Å²) in [6.45, 7) is 6.05. The van der Waals surface area contributed by atoms with Crippen LogP contribution >= 0.6 is 0 Å². The highest BCUT2D eigenvalue weighted by atomic mass is 16.5. The van der Waals surface area contributed by atoms with Gasteiger partial charge in [-0.3, -0.25) is 4.79 Å². The van der Waals surface area contributed by atoms with Crippen LogP contribution in [0.5, 0.6) is 11.5 Å². The largest absolute Gasteiger partial charge is 0.493 e. The van der Waals surface area contributed by atoms with E-state index in [-0.39, 0.29) is 12.0 Å². The van der Waals surface area contributed by atoms with E-state index in [1.54, 1.807) is 25.3 Å². The molecule has 1 aliphatic carbocycles. The second-order valence-corrected chi connectivity index (χ2v) is 6.22. The van der Waals surface area contributed by atoms with Crippen molar-refractivity contribution < 1.29 is 14.3 Å². The van der Waals surface area contributed by atoms with E-state index in [0.29, 0.717) is 23.0 Å². The van der Waals surface area contributed by atoms with E-state index in [0.717, 1.165) is 25.0 Å². The number of ether oxygens (including phenoxy) is 2. The molecule has 2 rings (SSSR count). The summed E-state index contributed by atoms with van der Waals surface area (Å²) in [6.07, 6.45) is 4.54. The Morgan fingerprint density at radius 2 is 2.09 bits per heavy atom. The third-order valence-corrected chi connectivity index (χ3v) is 3.98. The van der Waals surface area contributed by atoms with Gasteiger partial charge in [-0.25, -0.2) is 5.43 Å². The average molecular weight is 318 g/mol. The van der Waals surface area contributed by atoms with Gasteiger partial charge in [0.15, 0.2) is 11.5 Å². The number of nitrogens with one attached hydrogen (secondary N) is 1. The fourth-order valence-corrected chi connectivity index (χ4v) is 2.68. The van der Waals surface area contributed by atoms with Crippen molar-refractivity contribution in [3.63, 3.8) is 0 Å². The van der Waals surface area contributed by atoms with Crippen LogP contribution in [-0.4, -0.2) is 24.8 Å². The molecule has 0 spiro atoms. The van der Waals surface area contributed by atoms with E-state index in [2.05, 4.69) is 17.5 Å². The van der Waals surface area contributed by atoms with Crippen molar-refractivity contribution in [2.24, 2.45) is 11.0 Å². The molecule has 0 unspecified atom stereocenters. The highest BCUT2D eigenvalue weighted by Crippen LogP contribution is 2.29. The van der Waals surface area contributed by atoms with E-state index >= 15 is 0 Å². The Morgan fingerprint density at radius 1 is 1.30 bits per heavy atom. The van der Waals surface area contributed by atoms with Crippen molar-refractivity contribution in [1.29, 1.82) is 0 Å². The van der Waals surface area contributed by atoms with Gasteiger partial charge in [-0.05, 0) is 57.2 Å². The molecule has 1 N–H and O–H groups in total. The summed E-state index contributed by atoms with van der Waals surface area (Å²) in [4.78, 5) is 12.3. The Kier molecular flexibility index (Phi) is 6.02. The number of methoxy groups -OCH3 is 1. The van der Waals surface area contributed by atoms with Gasteiger partial charge in [-0.15, -0.1) is 0 Å². The van der Waals surface area contributed by atoms with E-state index in [1.807, 2.05) is 13.8 Å². The zero-order valence-electron chi connectivity index (χ0n) is 14.4. The van der Waals surface area contributed by atoms with Crippen LogP contribution in [0.1, 0.15) is 56.8 Å². The monoisotopic (exact) mass is 318 g/mol. The predicted molar refractivity (Wildman–Crippen MR) is 91.3 cm³/mol. The highest BCUT2D eigenvalue weighted by molar-refractivity contribution is 5.96. The van der Waals surface area contributed by atoms with Crippen molar-refractivity contribution in [3.05, 3.63) is 23.8 Å². The van der Waals surface area contributed by atoms with Crippen LogP contribution in [0.25, 0.3) is 0 Å². The number of benzene rings is 1. The van der Waals surface area contributed by atoms with E-state index in [4.69, 9.17) is 9.47 Å². The Hall–Kier alpha value is -2.04. The average Bonchev–Trinajstić information content (AvgIpc) is 2.53. The summed E-state index contributed by atoms with van der Waals surface area (Å²) in [5.74, 6) is 1.39. The fourth-order valence-electron chi connectivity index (χ4n) is 2.68.